The van der Waals surface area contributed by atoms with Gasteiger partial charge in [0.1, 0.15) is 5.82 Å². The molecule has 3 heteroatoms. The summed E-state index contributed by atoms with van der Waals surface area (Å²) >= 11 is 0. The molecule has 1 fully saturated rings. The van der Waals surface area contributed by atoms with E-state index in [9.17, 15) is 4.39 Å². The van der Waals surface area contributed by atoms with Crippen LogP contribution >= 0.6 is 0 Å². The molecule has 1 aliphatic carbocycles. The van der Waals surface area contributed by atoms with Crippen molar-refractivity contribution in [2.75, 3.05) is 13.2 Å². The molecule has 1 aliphatic rings. The molecule has 2 N–H and O–H groups in total. The Morgan fingerprint density at radius 3 is 2.53 bits per heavy atom. The van der Waals surface area contributed by atoms with E-state index in [4.69, 9.17) is 5.11 Å². The SMILES string of the molecule is OCCNC(c1ccc(F)cc1)C1CC1. The molecule has 0 bridgehead atoms. The van der Waals surface area contributed by atoms with Gasteiger partial charge in [-0.15, -0.1) is 0 Å². The van der Waals surface area contributed by atoms with E-state index in [0.717, 1.165) is 5.56 Å². The highest BCUT2D eigenvalue weighted by molar-refractivity contribution is 5.21. The lowest BCUT2D eigenvalue weighted by Crippen LogP contribution is -2.25. The molecule has 15 heavy (non-hydrogen) atoms. The van der Waals surface area contributed by atoms with Gasteiger partial charge in [0.2, 0.25) is 0 Å². The lowest BCUT2D eigenvalue weighted by atomic mass is 10.0. The van der Waals surface area contributed by atoms with Gasteiger partial charge in [0.05, 0.1) is 6.61 Å². The lowest BCUT2D eigenvalue weighted by Gasteiger charge is -2.18. The summed E-state index contributed by atoms with van der Waals surface area (Å²) in [7, 11) is 0. The fourth-order valence-electron chi connectivity index (χ4n) is 1.88. The van der Waals surface area contributed by atoms with E-state index in [1.54, 1.807) is 0 Å². The van der Waals surface area contributed by atoms with E-state index in [-0.39, 0.29) is 18.5 Å². The fraction of sp³-hybridized carbons (Fsp3) is 0.500. The van der Waals surface area contributed by atoms with Gasteiger partial charge in [-0.05, 0) is 36.5 Å². The number of aliphatic hydroxyl groups is 1. The van der Waals surface area contributed by atoms with Gasteiger partial charge in [-0.25, -0.2) is 4.39 Å². The van der Waals surface area contributed by atoms with Crippen LogP contribution in [0.2, 0.25) is 0 Å². The van der Waals surface area contributed by atoms with Gasteiger partial charge in [0, 0.05) is 12.6 Å². The van der Waals surface area contributed by atoms with Gasteiger partial charge in [-0.2, -0.15) is 0 Å². The summed E-state index contributed by atoms with van der Waals surface area (Å²) in [5.41, 5.74) is 1.12. The zero-order valence-corrected chi connectivity index (χ0v) is 8.62. The van der Waals surface area contributed by atoms with Crippen molar-refractivity contribution >= 4 is 0 Å². The normalized spacial score (nSPS) is 17.7. The maximum absolute atomic E-state index is 12.8. The number of aliphatic hydroxyl groups excluding tert-OH is 1. The van der Waals surface area contributed by atoms with Crippen LogP contribution in [0.3, 0.4) is 0 Å². The number of hydrogen-bond donors (Lipinski definition) is 2. The maximum Gasteiger partial charge on any atom is 0.123 e. The molecule has 1 saturated carbocycles. The van der Waals surface area contributed by atoms with Crippen LogP contribution in [0, 0.1) is 11.7 Å². The lowest BCUT2D eigenvalue weighted by molar-refractivity contribution is 0.280. The first-order valence-corrected chi connectivity index (χ1v) is 5.41. The summed E-state index contributed by atoms with van der Waals surface area (Å²) in [6, 6.07) is 6.90. The number of benzene rings is 1. The quantitative estimate of drug-likeness (QED) is 0.775. The van der Waals surface area contributed by atoms with Crippen molar-refractivity contribution in [3.8, 4) is 0 Å². The van der Waals surface area contributed by atoms with Gasteiger partial charge in [-0.3, -0.25) is 0 Å². The molecule has 2 nitrogen and oxygen atoms in total. The zero-order chi connectivity index (χ0) is 10.7. The Morgan fingerprint density at radius 1 is 1.33 bits per heavy atom. The van der Waals surface area contributed by atoms with Crippen molar-refractivity contribution in [3.05, 3.63) is 35.6 Å². The second-order valence-electron chi connectivity index (χ2n) is 4.04. The van der Waals surface area contributed by atoms with Gasteiger partial charge in [-0.1, -0.05) is 12.1 Å². The summed E-state index contributed by atoms with van der Waals surface area (Å²) in [5, 5.41) is 12.1. The van der Waals surface area contributed by atoms with Crippen LogP contribution in [0.15, 0.2) is 24.3 Å². The van der Waals surface area contributed by atoms with Crippen molar-refractivity contribution in [1.29, 1.82) is 0 Å². The molecule has 82 valence electrons. The molecule has 1 aromatic rings. The van der Waals surface area contributed by atoms with Gasteiger partial charge in [0.25, 0.3) is 0 Å². The van der Waals surface area contributed by atoms with E-state index < -0.39 is 0 Å². The largest absolute Gasteiger partial charge is 0.395 e. The van der Waals surface area contributed by atoms with Crippen LogP contribution in [-0.2, 0) is 0 Å². The van der Waals surface area contributed by atoms with Crippen LogP contribution < -0.4 is 5.32 Å². The Hall–Kier alpha value is -0.930. The van der Waals surface area contributed by atoms with E-state index in [1.165, 1.54) is 25.0 Å². The third-order valence-corrected chi connectivity index (χ3v) is 2.80. The minimum absolute atomic E-state index is 0.143. The summed E-state index contributed by atoms with van der Waals surface area (Å²) in [6.45, 7) is 0.739. The topological polar surface area (TPSA) is 32.3 Å². The molecule has 2 rings (SSSR count). The first kappa shape index (κ1) is 10.6. The minimum atomic E-state index is -0.199. The van der Waals surface area contributed by atoms with Crippen molar-refractivity contribution in [3.63, 3.8) is 0 Å². The molecule has 0 saturated heterocycles. The van der Waals surface area contributed by atoms with Gasteiger partial charge >= 0.3 is 0 Å². The zero-order valence-electron chi connectivity index (χ0n) is 8.62. The Bertz CT molecular complexity index is 308. The highest BCUT2D eigenvalue weighted by atomic mass is 19.1. The molecule has 1 aromatic carbocycles. The number of rotatable bonds is 5. The highest BCUT2D eigenvalue weighted by Crippen LogP contribution is 2.40. The first-order chi connectivity index (χ1) is 7.31. The van der Waals surface area contributed by atoms with E-state index in [2.05, 4.69) is 5.32 Å². The Kier molecular flexibility index (Phi) is 3.34. The molecule has 1 unspecified atom stereocenters. The van der Waals surface area contributed by atoms with Crippen molar-refractivity contribution in [2.24, 2.45) is 5.92 Å². The van der Waals surface area contributed by atoms with Crippen LogP contribution in [0.25, 0.3) is 0 Å². The van der Waals surface area contributed by atoms with Crippen LogP contribution in [0.1, 0.15) is 24.4 Å². The van der Waals surface area contributed by atoms with E-state index in [0.29, 0.717) is 12.5 Å². The van der Waals surface area contributed by atoms with Crippen molar-refractivity contribution in [1.82, 2.24) is 5.32 Å². The summed E-state index contributed by atoms with van der Waals surface area (Å²) in [6.07, 6.45) is 2.45. The minimum Gasteiger partial charge on any atom is -0.395 e. The molecule has 0 radical (unpaired) electrons. The second-order valence-corrected chi connectivity index (χ2v) is 4.04. The number of halogens is 1. The average Bonchev–Trinajstić information content (AvgIpc) is 3.05. The van der Waals surface area contributed by atoms with Crippen LogP contribution in [0.4, 0.5) is 4.39 Å². The molecule has 1 atom stereocenters. The van der Waals surface area contributed by atoms with Gasteiger partial charge in [0.15, 0.2) is 0 Å². The molecule has 0 amide bonds. The van der Waals surface area contributed by atoms with E-state index >= 15 is 0 Å². The predicted molar refractivity (Wildman–Crippen MR) is 57.0 cm³/mol. The second kappa shape index (κ2) is 4.73. The number of nitrogens with one attached hydrogen (secondary N) is 1. The predicted octanol–water partition coefficient (Wildman–Crippen LogP) is 1.86. The van der Waals surface area contributed by atoms with Gasteiger partial charge < -0.3 is 10.4 Å². The van der Waals surface area contributed by atoms with Crippen molar-refractivity contribution < 1.29 is 9.50 Å². The molecule has 0 spiro atoms. The summed E-state index contributed by atoms with van der Waals surface area (Å²) in [4.78, 5) is 0. The third-order valence-electron chi connectivity index (χ3n) is 2.80. The molecule has 0 aliphatic heterocycles. The Morgan fingerprint density at radius 2 is 2.00 bits per heavy atom. The maximum atomic E-state index is 12.8. The van der Waals surface area contributed by atoms with Crippen molar-refractivity contribution in [2.45, 2.75) is 18.9 Å². The Labute approximate surface area is 89.1 Å². The molecule has 0 heterocycles. The Balaban J connectivity index is 2.06. The molecular weight excluding hydrogens is 193 g/mol. The smallest absolute Gasteiger partial charge is 0.123 e. The molecular formula is C12H16FNO. The van der Waals surface area contributed by atoms with Crippen LogP contribution in [0.5, 0.6) is 0 Å². The standard InChI is InChI=1S/C12H16FNO/c13-11-5-3-10(4-6-11)12(9-1-2-9)14-7-8-15/h3-6,9,12,14-15H,1-2,7-8H2. The monoisotopic (exact) mass is 209 g/mol. The highest BCUT2D eigenvalue weighted by Gasteiger charge is 2.31. The number of hydrogen-bond acceptors (Lipinski definition) is 2. The average molecular weight is 209 g/mol. The fourth-order valence-corrected chi connectivity index (χ4v) is 1.88. The molecule has 0 aromatic heterocycles. The van der Waals surface area contributed by atoms with Crippen LogP contribution in [-0.4, -0.2) is 18.3 Å². The summed E-state index contributed by atoms with van der Waals surface area (Å²) < 4.78 is 12.8. The first-order valence-electron chi connectivity index (χ1n) is 5.41. The van der Waals surface area contributed by atoms with E-state index in [1.807, 2.05) is 12.1 Å². The third kappa shape index (κ3) is 2.76. The summed E-state index contributed by atoms with van der Waals surface area (Å²) in [5.74, 6) is 0.456.